The molecule has 4 rings (SSSR count). The highest BCUT2D eigenvalue weighted by Gasteiger charge is 2.49. The lowest BCUT2D eigenvalue weighted by molar-refractivity contribution is -0.142. The summed E-state index contributed by atoms with van der Waals surface area (Å²) in [5.41, 5.74) is 2.88. The van der Waals surface area contributed by atoms with Gasteiger partial charge in [-0.1, -0.05) is 26.8 Å². The van der Waals surface area contributed by atoms with Gasteiger partial charge in [0, 0.05) is 30.8 Å². The Bertz CT molecular complexity index is 877. The predicted octanol–water partition coefficient (Wildman–Crippen LogP) is 1.73. The second-order valence-corrected chi connectivity index (χ2v) is 9.09. The number of nitrogens with one attached hydrogen (secondary N) is 2. The first-order chi connectivity index (χ1) is 13.7. The van der Waals surface area contributed by atoms with E-state index in [1.165, 1.54) is 11.2 Å². The van der Waals surface area contributed by atoms with E-state index in [1.807, 2.05) is 20.8 Å². The monoisotopic (exact) mass is 403 g/mol. The zero-order valence-corrected chi connectivity index (χ0v) is 16.8. The largest absolute Gasteiger partial charge is 0.494 e. The first-order valence-electron chi connectivity index (χ1n) is 9.86. The van der Waals surface area contributed by atoms with Crippen molar-refractivity contribution in [1.82, 2.24) is 25.6 Å². The smallest absolute Gasteiger partial charge is 0.280 e. The molecule has 29 heavy (non-hydrogen) atoms. The molecule has 2 atom stereocenters. The Hall–Kier alpha value is -2.68. The molecule has 0 aromatic carbocycles. The second-order valence-electron chi connectivity index (χ2n) is 9.09. The maximum Gasteiger partial charge on any atom is 0.280 e. The van der Waals surface area contributed by atoms with E-state index in [2.05, 4.69) is 15.7 Å². The molecule has 0 bridgehead atoms. The van der Waals surface area contributed by atoms with Gasteiger partial charge in [0.25, 0.3) is 11.8 Å². The molecule has 9 heteroatoms. The van der Waals surface area contributed by atoms with Gasteiger partial charge in [-0.2, -0.15) is 4.39 Å². The highest BCUT2D eigenvalue weighted by Crippen LogP contribution is 2.37. The minimum atomic E-state index is -0.609. The van der Waals surface area contributed by atoms with Gasteiger partial charge in [-0.15, -0.1) is 0 Å². The number of aliphatic hydroxyl groups excluding tert-OH is 1. The summed E-state index contributed by atoms with van der Waals surface area (Å²) >= 11 is 0. The number of nitrogens with zero attached hydrogens (tertiary/aromatic N) is 3. The third-order valence-electron chi connectivity index (χ3n) is 5.28. The van der Waals surface area contributed by atoms with Crippen molar-refractivity contribution in [2.24, 2.45) is 5.41 Å². The molecule has 2 aliphatic heterocycles. The van der Waals surface area contributed by atoms with Crippen LogP contribution in [0.25, 0.3) is 0 Å². The van der Waals surface area contributed by atoms with E-state index >= 15 is 0 Å². The highest BCUT2D eigenvalue weighted by molar-refractivity contribution is 6.19. The number of carbonyl (C=O) groups is 2. The Balaban J connectivity index is 1.68. The van der Waals surface area contributed by atoms with E-state index in [0.29, 0.717) is 18.5 Å². The fourth-order valence-corrected chi connectivity index (χ4v) is 3.81. The molecular formula is C20H26FN5O3. The topological polar surface area (TPSA) is 97.8 Å². The summed E-state index contributed by atoms with van der Waals surface area (Å²) in [5, 5.41) is 15.0. The standard InChI is InChI=1S/C20H26FN5O3/c1-20(2,3)10-25-14-9-13(12-5-4-8-22-16(12)21)24-26(14)19(29)15(18(25)28)17(27)23-11-6-7-11/h4-5,8,11,13-14,24,28H,6-7,9-10H2,1-3H3,(H,23,27). The second kappa shape index (κ2) is 6.98. The Morgan fingerprint density at radius 1 is 1.41 bits per heavy atom. The lowest BCUT2D eigenvalue weighted by Gasteiger charge is -2.42. The molecule has 1 saturated heterocycles. The summed E-state index contributed by atoms with van der Waals surface area (Å²) in [7, 11) is 0. The van der Waals surface area contributed by atoms with Crippen LogP contribution < -0.4 is 10.7 Å². The number of halogens is 1. The number of fused-ring (bicyclic) bond motifs is 1. The summed E-state index contributed by atoms with van der Waals surface area (Å²) in [4.78, 5) is 31.1. The van der Waals surface area contributed by atoms with Crippen LogP contribution >= 0.6 is 0 Å². The van der Waals surface area contributed by atoms with Crippen LogP contribution in [0.2, 0.25) is 0 Å². The Morgan fingerprint density at radius 3 is 2.76 bits per heavy atom. The molecule has 156 valence electrons. The molecule has 1 aromatic heterocycles. The Labute approximate surface area is 168 Å². The van der Waals surface area contributed by atoms with E-state index in [0.717, 1.165) is 12.8 Å². The van der Waals surface area contributed by atoms with E-state index in [4.69, 9.17) is 0 Å². The first kappa shape index (κ1) is 19.6. The van der Waals surface area contributed by atoms with Gasteiger partial charge < -0.3 is 15.3 Å². The zero-order valence-electron chi connectivity index (χ0n) is 16.8. The van der Waals surface area contributed by atoms with Crippen molar-refractivity contribution < 1.29 is 19.1 Å². The quantitative estimate of drug-likeness (QED) is 0.523. The average molecular weight is 403 g/mol. The van der Waals surface area contributed by atoms with E-state index < -0.39 is 30.0 Å². The molecule has 2 unspecified atom stereocenters. The maximum absolute atomic E-state index is 14.2. The van der Waals surface area contributed by atoms with E-state index in [-0.39, 0.29) is 22.9 Å². The minimum absolute atomic E-state index is 0.0492. The summed E-state index contributed by atoms with van der Waals surface area (Å²) in [6.45, 7) is 6.43. The zero-order chi connectivity index (χ0) is 20.9. The number of hydrogen-bond acceptors (Lipinski definition) is 6. The molecular weight excluding hydrogens is 377 g/mol. The van der Waals surface area contributed by atoms with Gasteiger partial charge in [-0.25, -0.2) is 15.4 Å². The van der Waals surface area contributed by atoms with Gasteiger partial charge in [0.1, 0.15) is 6.17 Å². The van der Waals surface area contributed by atoms with Gasteiger partial charge >= 0.3 is 0 Å². The molecule has 8 nitrogen and oxygen atoms in total. The Morgan fingerprint density at radius 2 is 2.14 bits per heavy atom. The van der Waals surface area contributed by atoms with Crippen molar-refractivity contribution in [1.29, 1.82) is 0 Å². The molecule has 2 amide bonds. The van der Waals surface area contributed by atoms with Crippen molar-refractivity contribution in [2.75, 3.05) is 6.54 Å². The fourth-order valence-electron chi connectivity index (χ4n) is 3.81. The highest BCUT2D eigenvalue weighted by atomic mass is 19.1. The number of aliphatic hydroxyl groups is 1. The van der Waals surface area contributed by atoms with Crippen LogP contribution in [-0.4, -0.2) is 50.6 Å². The van der Waals surface area contributed by atoms with Crippen LogP contribution in [0.1, 0.15) is 51.6 Å². The maximum atomic E-state index is 14.2. The van der Waals surface area contributed by atoms with Crippen molar-refractivity contribution in [3.05, 3.63) is 41.3 Å². The van der Waals surface area contributed by atoms with Crippen LogP contribution in [0, 0.1) is 11.4 Å². The molecule has 1 aliphatic carbocycles. The van der Waals surface area contributed by atoms with Gasteiger partial charge in [0.05, 0.1) is 6.04 Å². The predicted molar refractivity (Wildman–Crippen MR) is 102 cm³/mol. The number of rotatable bonds is 4. The number of carbonyl (C=O) groups excluding carboxylic acids is 2. The van der Waals surface area contributed by atoms with Crippen LogP contribution in [0.15, 0.2) is 29.8 Å². The van der Waals surface area contributed by atoms with Crippen molar-refractivity contribution >= 4 is 11.8 Å². The average Bonchev–Trinajstić information content (AvgIpc) is 3.33. The number of amides is 2. The molecule has 3 N–H and O–H groups in total. The molecule has 3 aliphatic rings. The minimum Gasteiger partial charge on any atom is -0.494 e. The number of hydrogen-bond donors (Lipinski definition) is 3. The lowest BCUT2D eigenvalue weighted by Crippen LogP contribution is -2.58. The van der Waals surface area contributed by atoms with Crippen molar-refractivity contribution in [3.8, 4) is 0 Å². The normalized spacial score (nSPS) is 24.8. The third kappa shape index (κ3) is 3.78. The third-order valence-corrected chi connectivity index (χ3v) is 5.28. The first-order valence-corrected chi connectivity index (χ1v) is 9.86. The Kier molecular flexibility index (Phi) is 4.72. The van der Waals surface area contributed by atoms with E-state index in [9.17, 15) is 19.1 Å². The van der Waals surface area contributed by atoms with Gasteiger partial charge in [-0.05, 0) is 24.3 Å². The van der Waals surface area contributed by atoms with Crippen molar-refractivity contribution in [3.63, 3.8) is 0 Å². The van der Waals surface area contributed by atoms with Crippen LogP contribution in [0.4, 0.5) is 4.39 Å². The molecule has 1 saturated carbocycles. The van der Waals surface area contributed by atoms with Crippen LogP contribution in [0.3, 0.4) is 0 Å². The van der Waals surface area contributed by atoms with E-state index in [1.54, 1.807) is 17.0 Å². The summed E-state index contributed by atoms with van der Waals surface area (Å²) in [5.74, 6) is -2.12. The molecule has 1 aromatic rings. The van der Waals surface area contributed by atoms with Crippen LogP contribution in [-0.2, 0) is 9.59 Å². The lowest BCUT2D eigenvalue weighted by atomic mass is 9.94. The number of hydrazine groups is 1. The number of pyridine rings is 1. The van der Waals surface area contributed by atoms with Gasteiger partial charge in [0.2, 0.25) is 11.8 Å². The molecule has 0 radical (unpaired) electrons. The molecule has 0 spiro atoms. The van der Waals surface area contributed by atoms with Crippen LogP contribution in [0.5, 0.6) is 0 Å². The fraction of sp³-hybridized carbons (Fsp3) is 0.550. The van der Waals surface area contributed by atoms with Gasteiger partial charge in [0.15, 0.2) is 5.57 Å². The van der Waals surface area contributed by atoms with Gasteiger partial charge in [-0.3, -0.25) is 9.59 Å². The summed E-state index contributed by atoms with van der Waals surface area (Å²) in [6, 6.07) is 2.80. The SMILES string of the molecule is CC(C)(C)CN1C(O)=C(C(=O)NC2CC2)C(=O)N2NC(c3cccnc3F)CC12. The number of aromatic nitrogens is 1. The summed E-state index contributed by atoms with van der Waals surface area (Å²) in [6.07, 6.45) is 2.92. The molecule has 2 fully saturated rings. The molecule has 3 heterocycles. The van der Waals surface area contributed by atoms with Crippen molar-refractivity contribution in [2.45, 2.75) is 58.3 Å². The summed E-state index contributed by atoms with van der Waals surface area (Å²) < 4.78 is 14.2.